The molecular formula is C9H11NO. The fourth-order valence-corrected chi connectivity index (χ4v) is 1.86. The number of carbonyl (C=O) groups is 1. The van der Waals surface area contributed by atoms with E-state index in [2.05, 4.69) is 4.98 Å². The molecule has 1 aromatic heterocycles. The third-order valence-electron chi connectivity index (χ3n) is 2.40. The molecule has 2 heteroatoms. The van der Waals surface area contributed by atoms with Gasteiger partial charge in [-0.15, -0.1) is 0 Å². The zero-order valence-electron chi connectivity index (χ0n) is 6.61. The standard InChI is InChI=1S/C9H11NO/c1-6-8(5-11)7-3-2-4-9(7)10-6/h5,10H,2-4H2,1H3. The van der Waals surface area contributed by atoms with Crippen LogP contribution in [-0.2, 0) is 12.8 Å². The molecule has 0 fully saturated rings. The van der Waals surface area contributed by atoms with E-state index in [0.717, 1.165) is 30.4 Å². The minimum absolute atomic E-state index is 0.900. The molecule has 0 saturated carbocycles. The maximum atomic E-state index is 10.6. The highest BCUT2D eigenvalue weighted by Crippen LogP contribution is 2.25. The van der Waals surface area contributed by atoms with Gasteiger partial charge in [0.05, 0.1) is 0 Å². The summed E-state index contributed by atoms with van der Waals surface area (Å²) >= 11 is 0. The number of carbonyl (C=O) groups excluding carboxylic acids is 1. The number of hydrogen-bond donors (Lipinski definition) is 1. The first-order valence-corrected chi connectivity index (χ1v) is 3.98. The van der Waals surface area contributed by atoms with Crippen molar-refractivity contribution in [3.05, 3.63) is 22.5 Å². The number of nitrogens with one attached hydrogen (secondary N) is 1. The molecule has 0 aromatic carbocycles. The maximum Gasteiger partial charge on any atom is 0.152 e. The molecule has 1 aliphatic carbocycles. The van der Waals surface area contributed by atoms with Crippen molar-refractivity contribution in [3.8, 4) is 0 Å². The summed E-state index contributed by atoms with van der Waals surface area (Å²) in [7, 11) is 0. The number of aromatic nitrogens is 1. The van der Waals surface area contributed by atoms with E-state index in [4.69, 9.17) is 0 Å². The van der Waals surface area contributed by atoms with Crippen molar-refractivity contribution in [2.45, 2.75) is 26.2 Å². The summed E-state index contributed by atoms with van der Waals surface area (Å²) in [5.74, 6) is 0. The largest absolute Gasteiger partial charge is 0.362 e. The Labute approximate surface area is 65.6 Å². The van der Waals surface area contributed by atoms with E-state index in [1.54, 1.807) is 0 Å². The van der Waals surface area contributed by atoms with Crippen molar-refractivity contribution < 1.29 is 4.79 Å². The second-order valence-electron chi connectivity index (χ2n) is 3.09. The van der Waals surface area contributed by atoms with Gasteiger partial charge in [-0.2, -0.15) is 0 Å². The molecule has 0 aliphatic heterocycles. The predicted octanol–water partition coefficient (Wildman–Crippen LogP) is 1.62. The lowest BCUT2D eigenvalue weighted by Gasteiger charge is -1.90. The minimum atomic E-state index is 0.900. The van der Waals surface area contributed by atoms with Crippen molar-refractivity contribution in [3.63, 3.8) is 0 Å². The zero-order valence-corrected chi connectivity index (χ0v) is 6.61. The molecule has 1 aromatic rings. The van der Waals surface area contributed by atoms with Crippen LogP contribution in [0.15, 0.2) is 0 Å². The first kappa shape index (κ1) is 6.65. The normalized spacial score (nSPS) is 15.0. The molecule has 0 atom stereocenters. The Balaban J connectivity index is 2.60. The molecule has 0 amide bonds. The topological polar surface area (TPSA) is 32.9 Å². The lowest BCUT2D eigenvalue weighted by atomic mass is 10.1. The Bertz CT molecular complexity index is 299. The van der Waals surface area contributed by atoms with Gasteiger partial charge < -0.3 is 4.98 Å². The monoisotopic (exact) mass is 149 g/mol. The Morgan fingerprint density at radius 1 is 1.45 bits per heavy atom. The lowest BCUT2D eigenvalue weighted by Crippen LogP contribution is -1.86. The van der Waals surface area contributed by atoms with E-state index < -0.39 is 0 Å². The third kappa shape index (κ3) is 0.821. The summed E-state index contributed by atoms with van der Waals surface area (Å²) in [4.78, 5) is 13.9. The number of fused-ring (bicyclic) bond motifs is 1. The molecule has 11 heavy (non-hydrogen) atoms. The quantitative estimate of drug-likeness (QED) is 0.605. The third-order valence-corrected chi connectivity index (χ3v) is 2.40. The van der Waals surface area contributed by atoms with Crippen LogP contribution in [0, 0.1) is 6.92 Å². The molecule has 58 valence electrons. The van der Waals surface area contributed by atoms with Crippen LogP contribution in [0.5, 0.6) is 0 Å². The summed E-state index contributed by atoms with van der Waals surface area (Å²) in [5, 5.41) is 0. The van der Waals surface area contributed by atoms with Crippen LogP contribution in [0.3, 0.4) is 0 Å². The van der Waals surface area contributed by atoms with E-state index in [1.807, 2.05) is 6.92 Å². The molecule has 2 rings (SSSR count). The molecule has 1 aliphatic rings. The van der Waals surface area contributed by atoms with Gasteiger partial charge in [0, 0.05) is 17.0 Å². The molecule has 0 spiro atoms. The lowest BCUT2D eigenvalue weighted by molar-refractivity contribution is 0.112. The van der Waals surface area contributed by atoms with Gasteiger partial charge in [0.15, 0.2) is 6.29 Å². The molecule has 0 unspecified atom stereocenters. The highest BCUT2D eigenvalue weighted by Gasteiger charge is 2.18. The molecule has 1 N–H and O–H groups in total. The van der Waals surface area contributed by atoms with E-state index in [-0.39, 0.29) is 0 Å². The Morgan fingerprint density at radius 2 is 2.27 bits per heavy atom. The molecule has 0 saturated heterocycles. The van der Waals surface area contributed by atoms with Gasteiger partial charge in [0.1, 0.15) is 0 Å². The van der Waals surface area contributed by atoms with Gasteiger partial charge in [-0.3, -0.25) is 4.79 Å². The van der Waals surface area contributed by atoms with Crippen molar-refractivity contribution in [1.29, 1.82) is 0 Å². The summed E-state index contributed by atoms with van der Waals surface area (Å²) in [6.45, 7) is 1.96. The number of hydrogen-bond acceptors (Lipinski definition) is 1. The van der Waals surface area contributed by atoms with Crippen LogP contribution in [0.2, 0.25) is 0 Å². The fourth-order valence-electron chi connectivity index (χ4n) is 1.86. The van der Waals surface area contributed by atoms with Gasteiger partial charge in [-0.1, -0.05) is 0 Å². The molecule has 0 bridgehead atoms. The van der Waals surface area contributed by atoms with E-state index in [9.17, 15) is 4.79 Å². The molecule has 0 radical (unpaired) electrons. The summed E-state index contributed by atoms with van der Waals surface area (Å²) < 4.78 is 0. The first-order valence-electron chi connectivity index (χ1n) is 3.98. The Kier molecular flexibility index (Phi) is 1.34. The SMILES string of the molecule is Cc1[nH]c2c(c1C=O)CCC2. The highest BCUT2D eigenvalue weighted by molar-refractivity contribution is 5.80. The minimum Gasteiger partial charge on any atom is -0.362 e. The van der Waals surface area contributed by atoms with Gasteiger partial charge in [0.2, 0.25) is 0 Å². The molecule has 1 heterocycles. The van der Waals surface area contributed by atoms with Crippen LogP contribution in [-0.4, -0.2) is 11.3 Å². The molecular weight excluding hydrogens is 138 g/mol. The number of aryl methyl sites for hydroxylation is 2. The van der Waals surface area contributed by atoms with Gasteiger partial charge in [-0.05, 0) is 31.7 Å². The number of H-pyrrole nitrogens is 1. The van der Waals surface area contributed by atoms with Crippen LogP contribution in [0.4, 0.5) is 0 Å². The first-order chi connectivity index (χ1) is 5.33. The van der Waals surface area contributed by atoms with Gasteiger partial charge in [0.25, 0.3) is 0 Å². The Hall–Kier alpha value is -1.05. The number of aldehydes is 1. The van der Waals surface area contributed by atoms with Crippen molar-refractivity contribution in [2.75, 3.05) is 0 Å². The fraction of sp³-hybridized carbons (Fsp3) is 0.444. The summed E-state index contributed by atoms with van der Waals surface area (Å²) in [5.41, 5.74) is 4.48. The van der Waals surface area contributed by atoms with Crippen molar-refractivity contribution in [1.82, 2.24) is 4.98 Å². The number of aromatic amines is 1. The van der Waals surface area contributed by atoms with E-state index in [1.165, 1.54) is 17.7 Å². The zero-order chi connectivity index (χ0) is 7.84. The van der Waals surface area contributed by atoms with Crippen molar-refractivity contribution >= 4 is 6.29 Å². The maximum absolute atomic E-state index is 10.6. The molecule has 2 nitrogen and oxygen atoms in total. The van der Waals surface area contributed by atoms with Crippen LogP contribution in [0.1, 0.15) is 33.7 Å². The summed E-state index contributed by atoms with van der Waals surface area (Å²) in [6, 6.07) is 0. The predicted molar refractivity (Wildman–Crippen MR) is 42.9 cm³/mol. The average Bonchev–Trinajstić information content (AvgIpc) is 2.46. The van der Waals surface area contributed by atoms with Crippen LogP contribution >= 0.6 is 0 Å². The van der Waals surface area contributed by atoms with Crippen molar-refractivity contribution in [2.24, 2.45) is 0 Å². The second kappa shape index (κ2) is 2.22. The second-order valence-corrected chi connectivity index (χ2v) is 3.09. The van der Waals surface area contributed by atoms with Crippen LogP contribution < -0.4 is 0 Å². The smallest absolute Gasteiger partial charge is 0.152 e. The van der Waals surface area contributed by atoms with Gasteiger partial charge >= 0.3 is 0 Å². The number of rotatable bonds is 1. The van der Waals surface area contributed by atoms with E-state index in [0.29, 0.717) is 0 Å². The van der Waals surface area contributed by atoms with E-state index >= 15 is 0 Å². The Morgan fingerprint density at radius 3 is 3.00 bits per heavy atom. The highest BCUT2D eigenvalue weighted by atomic mass is 16.1. The summed E-state index contributed by atoms with van der Waals surface area (Å²) in [6.07, 6.45) is 4.36. The average molecular weight is 149 g/mol. The van der Waals surface area contributed by atoms with Gasteiger partial charge in [-0.25, -0.2) is 0 Å². The van der Waals surface area contributed by atoms with Crippen LogP contribution in [0.25, 0.3) is 0 Å².